The zero-order valence-electron chi connectivity index (χ0n) is 9.03. The van der Waals surface area contributed by atoms with Gasteiger partial charge < -0.3 is 10.5 Å². The minimum absolute atomic E-state index is 0.0279. The van der Waals surface area contributed by atoms with Crippen molar-refractivity contribution < 1.29 is 4.74 Å². The second-order valence-corrected chi connectivity index (χ2v) is 3.75. The SMILES string of the molecule is Cc1ccc(OCC=CCl)c([C@@H](C)N)c1. The van der Waals surface area contributed by atoms with Crippen LogP contribution in [-0.2, 0) is 0 Å². The van der Waals surface area contributed by atoms with Crippen LogP contribution in [0.15, 0.2) is 29.8 Å². The Morgan fingerprint density at radius 1 is 1.53 bits per heavy atom. The summed E-state index contributed by atoms with van der Waals surface area (Å²) < 4.78 is 5.54. The fourth-order valence-corrected chi connectivity index (χ4v) is 1.40. The second-order valence-electron chi connectivity index (χ2n) is 3.50. The molecule has 0 aliphatic heterocycles. The summed E-state index contributed by atoms with van der Waals surface area (Å²) in [5.41, 5.74) is 9.52. The maximum atomic E-state index is 5.86. The van der Waals surface area contributed by atoms with Crippen LogP contribution in [-0.4, -0.2) is 6.61 Å². The highest BCUT2D eigenvalue weighted by molar-refractivity contribution is 6.25. The first-order valence-corrected chi connectivity index (χ1v) is 5.33. The van der Waals surface area contributed by atoms with E-state index in [0.717, 1.165) is 11.3 Å². The van der Waals surface area contributed by atoms with E-state index < -0.39 is 0 Å². The van der Waals surface area contributed by atoms with Gasteiger partial charge in [0.2, 0.25) is 0 Å². The lowest BCUT2D eigenvalue weighted by Crippen LogP contribution is -2.08. The lowest BCUT2D eigenvalue weighted by Gasteiger charge is -2.13. The van der Waals surface area contributed by atoms with Gasteiger partial charge in [-0.25, -0.2) is 0 Å². The van der Waals surface area contributed by atoms with E-state index in [-0.39, 0.29) is 6.04 Å². The third-order valence-corrected chi connectivity index (χ3v) is 2.26. The third kappa shape index (κ3) is 3.57. The zero-order chi connectivity index (χ0) is 11.3. The second kappa shape index (κ2) is 5.79. The van der Waals surface area contributed by atoms with E-state index in [4.69, 9.17) is 22.1 Å². The smallest absolute Gasteiger partial charge is 0.124 e. The minimum atomic E-state index is -0.0279. The maximum Gasteiger partial charge on any atom is 0.124 e. The van der Waals surface area contributed by atoms with Crippen LogP contribution in [0.5, 0.6) is 5.75 Å². The summed E-state index contributed by atoms with van der Waals surface area (Å²) >= 11 is 5.41. The summed E-state index contributed by atoms with van der Waals surface area (Å²) in [5.74, 6) is 0.824. The first kappa shape index (κ1) is 12.1. The lowest BCUT2D eigenvalue weighted by atomic mass is 10.1. The highest BCUT2D eigenvalue weighted by Crippen LogP contribution is 2.24. The van der Waals surface area contributed by atoms with Gasteiger partial charge in [-0.05, 0) is 26.0 Å². The molecule has 82 valence electrons. The number of benzene rings is 1. The standard InChI is InChI=1S/C12H16ClNO/c1-9-4-5-12(15-7-3-6-13)11(8-9)10(2)14/h3-6,8,10H,7,14H2,1-2H3/t10-/m1/s1. The number of rotatable bonds is 4. The lowest BCUT2D eigenvalue weighted by molar-refractivity contribution is 0.357. The first-order valence-electron chi connectivity index (χ1n) is 4.89. The van der Waals surface area contributed by atoms with Gasteiger partial charge >= 0.3 is 0 Å². The topological polar surface area (TPSA) is 35.2 Å². The molecule has 0 fully saturated rings. The van der Waals surface area contributed by atoms with Crippen LogP contribution in [0.25, 0.3) is 0 Å². The molecule has 0 unspecified atom stereocenters. The Hall–Kier alpha value is -0.990. The summed E-state index contributed by atoms with van der Waals surface area (Å²) in [7, 11) is 0. The van der Waals surface area contributed by atoms with Gasteiger partial charge in [0, 0.05) is 17.1 Å². The molecule has 0 radical (unpaired) electrons. The van der Waals surface area contributed by atoms with Crippen molar-refractivity contribution in [3.63, 3.8) is 0 Å². The van der Waals surface area contributed by atoms with Crippen LogP contribution in [0.1, 0.15) is 24.1 Å². The monoisotopic (exact) mass is 225 g/mol. The van der Waals surface area contributed by atoms with Crippen molar-refractivity contribution in [2.45, 2.75) is 19.9 Å². The van der Waals surface area contributed by atoms with Crippen molar-refractivity contribution in [3.8, 4) is 5.75 Å². The number of ether oxygens (including phenoxy) is 1. The number of halogens is 1. The number of nitrogens with two attached hydrogens (primary N) is 1. The molecule has 2 N–H and O–H groups in total. The predicted molar refractivity (Wildman–Crippen MR) is 64.3 cm³/mol. The van der Waals surface area contributed by atoms with Crippen LogP contribution < -0.4 is 10.5 Å². The Labute approximate surface area is 95.7 Å². The van der Waals surface area contributed by atoms with Gasteiger partial charge in [-0.1, -0.05) is 29.3 Å². The van der Waals surface area contributed by atoms with Gasteiger partial charge in [0.25, 0.3) is 0 Å². The molecule has 0 aliphatic rings. The van der Waals surface area contributed by atoms with Crippen LogP contribution in [0.3, 0.4) is 0 Å². The van der Waals surface area contributed by atoms with E-state index in [1.165, 1.54) is 11.1 Å². The van der Waals surface area contributed by atoms with E-state index in [0.29, 0.717) is 6.61 Å². The molecule has 1 rings (SSSR count). The van der Waals surface area contributed by atoms with Crippen molar-refractivity contribution >= 4 is 11.6 Å². The summed E-state index contributed by atoms with van der Waals surface area (Å²) in [6.45, 7) is 4.44. The number of aryl methyl sites for hydroxylation is 1. The average molecular weight is 226 g/mol. The molecule has 2 nitrogen and oxygen atoms in total. The van der Waals surface area contributed by atoms with Gasteiger partial charge in [0.1, 0.15) is 12.4 Å². The number of hydrogen-bond donors (Lipinski definition) is 1. The minimum Gasteiger partial charge on any atom is -0.489 e. The Morgan fingerprint density at radius 2 is 2.27 bits per heavy atom. The van der Waals surface area contributed by atoms with Crippen LogP contribution in [0.2, 0.25) is 0 Å². The summed E-state index contributed by atoms with van der Waals surface area (Å²) in [5, 5.41) is 0. The fourth-order valence-electron chi connectivity index (χ4n) is 1.33. The highest BCUT2D eigenvalue weighted by Gasteiger charge is 2.07. The zero-order valence-corrected chi connectivity index (χ0v) is 9.79. The maximum absolute atomic E-state index is 5.86. The molecular weight excluding hydrogens is 210 g/mol. The van der Waals surface area contributed by atoms with Crippen molar-refractivity contribution in [3.05, 3.63) is 40.9 Å². The molecular formula is C12H16ClNO. The van der Waals surface area contributed by atoms with Gasteiger partial charge in [-0.15, -0.1) is 0 Å². The molecule has 0 bridgehead atoms. The number of hydrogen-bond acceptors (Lipinski definition) is 2. The van der Waals surface area contributed by atoms with Crippen LogP contribution in [0.4, 0.5) is 0 Å². The Morgan fingerprint density at radius 3 is 2.87 bits per heavy atom. The largest absolute Gasteiger partial charge is 0.489 e. The first-order chi connectivity index (χ1) is 7.15. The molecule has 15 heavy (non-hydrogen) atoms. The molecule has 1 aromatic carbocycles. The molecule has 0 spiro atoms. The van der Waals surface area contributed by atoms with Gasteiger partial charge in [-0.3, -0.25) is 0 Å². The van der Waals surface area contributed by atoms with E-state index >= 15 is 0 Å². The molecule has 0 aromatic heterocycles. The van der Waals surface area contributed by atoms with Crippen LogP contribution >= 0.6 is 11.6 Å². The van der Waals surface area contributed by atoms with Gasteiger partial charge in [0.15, 0.2) is 0 Å². The summed E-state index contributed by atoms with van der Waals surface area (Å²) in [6, 6.07) is 5.96. The van der Waals surface area contributed by atoms with Gasteiger partial charge in [0.05, 0.1) is 0 Å². The average Bonchev–Trinajstić information content (AvgIpc) is 2.20. The Bertz CT molecular complexity index is 347. The summed E-state index contributed by atoms with van der Waals surface area (Å²) in [4.78, 5) is 0. The van der Waals surface area contributed by atoms with E-state index in [1.54, 1.807) is 6.08 Å². The molecule has 0 saturated carbocycles. The Kier molecular flexibility index (Phi) is 4.66. The molecule has 0 heterocycles. The molecule has 1 atom stereocenters. The molecule has 3 heteroatoms. The Balaban J connectivity index is 2.85. The third-order valence-electron chi connectivity index (χ3n) is 2.08. The summed E-state index contributed by atoms with van der Waals surface area (Å²) in [6.07, 6.45) is 1.74. The normalized spacial score (nSPS) is 13.1. The van der Waals surface area contributed by atoms with Crippen molar-refractivity contribution in [2.24, 2.45) is 5.73 Å². The fraction of sp³-hybridized carbons (Fsp3) is 0.333. The van der Waals surface area contributed by atoms with Crippen molar-refractivity contribution in [1.82, 2.24) is 0 Å². The quantitative estimate of drug-likeness (QED) is 0.855. The molecule has 0 saturated heterocycles. The van der Waals surface area contributed by atoms with Crippen molar-refractivity contribution in [1.29, 1.82) is 0 Å². The van der Waals surface area contributed by atoms with E-state index in [2.05, 4.69) is 0 Å². The molecule has 1 aromatic rings. The van der Waals surface area contributed by atoms with E-state index in [1.807, 2.05) is 32.0 Å². The molecule has 0 amide bonds. The van der Waals surface area contributed by atoms with Gasteiger partial charge in [-0.2, -0.15) is 0 Å². The van der Waals surface area contributed by atoms with E-state index in [9.17, 15) is 0 Å². The predicted octanol–water partition coefficient (Wildman–Crippen LogP) is 3.15. The molecule has 0 aliphatic carbocycles. The van der Waals surface area contributed by atoms with Crippen LogP contribution in [0, 0.1) is 6.92 Å². The van der Waals surface area contributed by atoms with Crippen molar-refractivity contribution in [2.75, 3.05) is 6.61 Å². The highest BCUT2D eigenvalue weighted by atomic mass is 35.5.